The van der Waals surface area contributed by atoms with Crippen LogP contribution in [0.5, 0.6) is 5.75 Å². The molecule has 4 rings (SSSR count). The summed E-state index contributed by atoms with van der Waals surface area (Å²) < 4.78 is 27.5. The monoisotopic (exact) mass is 572 g/mol. The van der Waals surface area contributed by atoms with Gasteiger partial charge in [0.1, 0.15) is 33.5 Å². The Labute approximate surface area is 234 Å². The van der Waals surface area contributed by atoms with E-state index < -0.39 is 28.5 Å². The van der Waals surface area contributed by atoms with Gasteiger partial charge in [-0.1, -0.05) is 11.3 Å². The van der Waals surface area contributed by atoms with Gasteiger partial charge in [-0.15, -0.1) is 4.80 Å². The maximum absolute atomic E-state index is 14.2. The minimum Gasteiger partial charge on any atom is -0.491 e. The molecule has 1 aromatic carbocycles. The number of methoxy groups -OCH3 is 1. The number of hydrogen-bond donors (Lipinski definition) is 1. The predicted octanol–water partition coefficient (Wildman–Crippen LogP) is 2.78. The van der Waals surface area contributed by atoms with E-state index in [1.165, 1.54) is 65.1 Å². The number of nitrogens with one attached hydrogen (secondary N) is 1. The molecule has 1 amide bonds. The van der Waals surface area contributed by atoms with Crippen LogP contribution in [0.25, 0.3) is 15.2 Å². The molecule has 0 aliphatic heterocycles. The van der Waals surface area contributed by atoms with Crippen molar-refractivity contribution in [2.45, 2.75) is 59.2 Å². The first-order valence-corrected chi connectivity index (χ1v) is 13.7. The fourth-order valence-electron chi connectivity index (χ4n) is 4.43. The second-order valence-corrected chi connectivity index (χ2v) is 11.1. The van der Waals surface area contributed by atoms with E-state index in [1.807, 2.05) is 0 Å². The third-order valence-electron chi connectivity index (χ3n) is 6.49. The first-order valence-electron chi connectivity index (χ1n) is 12.8. The molecule has 0 unspecified atom stereocenters. The van der Waals surface area contributed by atoms with Crippen molar-refractivity contribution in [2.75, 3.05) is 20.3 Å². The zero-order valence-corrected chi connectivity index (χ0v) is 24.2. The van der Waals surface area contributed by atoms with Gasteiger partial charge in [-0.3, -0.25) is 14.2 Å². The molecule has 0 atom stereocenters. The lowest BCUT2D eigenvalue weighted by molar-refractivity contribution is -0.129. The van der Waals surface area contributed by atoms with Crippen molar-refractivity contribution in [3.05, 3.63) is 68.4 Å². The van der Waals surface area contributed by atoms with Gasteiger partial charge < -0.3 is 14.8 Å². The van der Waals surface area contributed by atoms with Crippen molar-refractivity contribution >= 4 is 27.5 Å². The standard InChI is InChI=1S/C27H33FN6O5S/c1-16(2)31-25(36)27(4,5)33-22(35)21-17(3)23(34-29-10-11-30-34)40-24(21)32(26(33)37)12-9-18-15-19(28)7-8-20(18)39-14-13-38-6/h7-8,10-11,15-16H,9,12-14H2,1-6H3,(H,31,36). The van der Waals surface area contributed by atoms with Crippen molar-refractivity contribution in [3.8, 4) is 10.8 Å². The number of fused-ring (bicyclic) bond motifs is 1. The zero-order chi connectivity index (χ0) is 29.2. The molecule has 0 bridgehead atoms. The van der Waals surface area contributed by atoms with Gasteiger partial charge in [0.25, 0.3) is 5.56 Å². The Kier molecular flexibility index (Phi) is 8.54. The van der Waals surface area contributed by atoms with E-state index in [0.717, 1.165) is 4.57 Å². The highest BCUT2D eigenvalue weighted by atomic mass is 32.1. The number of benzene rings is 1. The second-order valence-electron chi connectivity index (χ2n) is 10.1. The van der Waals surface area contributed by atoms with E-state index in [0.29, 0.717) is 33.3 Å². The molecule has 0 saturated carbocycles. The van der Waals surface area contributed by atoms with Crippen molar-refractivity contribution in [3.63, 3.8) is 0 Å². The number of nitrogens with zero attached hydrogens (tertiary/aromatic N) is 5. The molecule has 214 valence electrons. The molecular formula is C27H33FN6O5S. The largest absolute Gasteiger partial charge is 0.491 e. The van der Waals surface area contributed by atoms with E-state index in [4.69, 9.17) is 9.47 Å². The van der Waals surface area contributed by atoms with Crippen LogP contribution in [0.2, 0.25) is 0 Å². The summed E-state index contributed by atoms with van der Waals surface area (Å²) in [5, 5.41) is 12.1. The van der Waals surface area contributed by atoms with E-state index in [1.54, 1.807) is 27.9 Å². The zero-order valence-electron chi connectivity index (χ0n) is 23.4. The fourth-order valence-corrected chi connectivity index (χ4v) is 5.66. The number of carbonyl (C=O) groups excluding carboxylic acids is 1. The summed E-state index contributed by atoms with van der Waals surface area (Å²) in [6.07, 6.45) is 3.26. The highest BCUT2D eigenvalue weighted by molar-refractivity contribution is 7.21. The summed E-state index contributed by atoms with van der Waals surface area (Å²) in [5.41, 5.74) is -1.60. The number of carbonyl (C=O) groups is 1. The van der Waals surface area contributed by atoms with Gasteiger partial charge in [-0.2, -0.15) is 10.2 Å². The lowest BCUT2D eigenvalue weighted by Gasteiger charge is -2.27. The van der Waals surface area contributed by atoms with Crippen LogP contribution < -0.4 is 21.3 Å². The quantitative estimate of drug-likeness (QED) is 0.274. The maximum Gasteiger partial charge on any atom is 0.333 e. The third-order valence-corrected chi connectivity index (χ3v) is 7.78. The molecule has 0 fully saturated rings. The first-order chi connectivity index (χ1) is 19.0. The Morgan fingerprint density at radius 3 is 2.52 bits per heavy atom. The number of rotatable bonds is 11. The van der Waals surface area contributed by atoms with Crippen molar-refractivity contribution in [1.82, 2.24) is 29.4 Å². The number of aryl methyl sites for hydroxylation is 3. The first kappa shape index (κ1) is 29.2. The average molecular weight is 573 g/mol. The van der Waals surface area contributed by atoms with Gasteiger partial charge in [-0.05, 0) is 64.8 Å². The van der Waals surface area contributed by atoms with E-state index in [2.05, 4.69) is 15.5 Å². The molecular weight excluding hydrogens is 539 g/mol. The molecule has 0 aliphatic rings. The number of amides is 1. The van der Waals surface area contributed by atoms with Crippen LogP contribution in [0.3, 0.4) is 0 Å². The van der Waals surface area contributed by atoms with E-state index in [9.17, 15) is 18.8 Å². The van der Waals surface area contributed by atoms with Crippen LogP contribution in [-0.4, -0.2) is 56.4 Å². The second kappa shape index (κ2) is 11.7. The molecule has 11 nitrogen and oxygen atoms in total. The number of aromatic nitrogens is 5. The molecule has 0 radical (unpaired) electrons. The highest BCUT2D eigenvalue weighted by Crippen LogP contribution is 2.31. The molecule has 3 heterocycles. The predicted molar refractivity (Wildman–Crippen MR) is 150 cm³/mol. The number of halogens is 1. The number of ether oxygens (including phenoxy) is 2. The van der Waals surface area contributed by atoms with Gasteiger partial charge in [0, 0.05) is 25.3 Å². The van der Waals surface area contributed by atoms with Crippen LogP contribution in [-0.2, 0) is 28.0 Å². The van der Waals surface area contributed by atoms with Crippen LogP contribution in [0.1, 0.15) is 38.8 Å². The molecule has 0 spiro atoms. The summed E-state index contributed by atoms with van der Waals surface area (Å²) in [5.74, 6) is -0.438. The highest BCUT2D eigenvalue weighted by Gasteiger charge is 2.35. The van der Waals surface area contributed by atoms with Gasteiger partial charge >= 0.3 is 5.69 Å². The molecule has 1 N–H and O–H groups in total. The smallest absolute Gasteiger partial charge is 0.333 e. The maximum atomic E-state index is 14.2. The van der Waals surface area contributed by atoms with Crippen LogP contribution in [0.4, 0.5) is 4.39 Å². The molecule has 0 saturated heterocycles. The molecule has 3 aromatic heterocycles. The van der Waals surface area contributed by atoms with Crippen LogP contribution in [0, 0.1) is 12.7 Å². The van der Waals surface area contributed by atoms with E-state index in [-0.39, 0.29) is 31.0 Å². The Bertz CT molecular complexity index is 1640. The molecule has 40 heavy (non-hydrogen) atoms. The summed E-state index contributed by atoms with van der Waals surface area (Å²) in [7, 11) is 1.56. The lowest BCUT2D eigenvalue weighted by Crippen LogP contribution is -2.56. The van der Waals surface area contributed by atoms with Crippen LogP contribution >= 0.6 is 11.3 Å². The van der Waals surface area contributed by atoms with Gasteiger partial charge in [0.2, 0.25) is 5.91 Å². The number of hydrogen-bond acceptors (Lipinski definition) is 8. The molecule has 4 aromatic rings. The van der Waals surface area contributed by atoms with Gasteiger partial charge in [-0.25, -0.2) is 13.8 Å². The molecule has 13 heteroatoms. The summed E-state index contributed by atoms with van der Waals surface area (Å²) in [6.45, 7) is 9.15. The topological polar surface area (TPSA) is 122 Å². The minimum atomic E-state index is -1.50. The van der Waals surface area contributed by atoms with Gasteiger partial charge in [0.15, 0.2) is 0 Å². The minimum absolute atomic E-state index is 0.0908. The fraction of sp³-hybridized carbons (Fsp3) is 0.444. The lowest BCUT2D eigenvalue weighted by atomic mass is 10.0. The normalized spacial score (nSPS) is 11.9. The Balaban J connectivity index is 1.90. The van der Waals surface area contributed by atoms with E-state index >= 15 is 0 Å². The van der Waals surface area contributed by atoms with Crippen LogP contribution in [0.15, 0.2) is 40.2 Å². The Morgan fingerprint density at radius 2 is 1.88 bits per heavy atom. The Hall–Kier alpha value is -3.84. The summed E-state index contributed by atoms with van der Waals surface area (Å²) in [6, 6.07) is 4.01. The number of thiophene rings is 1. The summed E-state index contributed by atoms with van der Waals surface area (Å²) in [4.78, 5) is 42.9. The van der Waals surface area contributed by atoms with Crippen molar-refractivity contribution in [2.24, 2.45) is 0 Å². The summed E-state index contributed by atoms with van der Waals surface area (Å²) >= 11 is 1.20. The third kappa shape index (κ3) is 5.56. The van der Waals surface area contributed by atoms with Crippen molar-refractivity contribution < 1.29 is 18.7 Å². The average Bonchev–Trinajstić information content (AvgIpc) is 3.53. The van der Waals surface area contributed by atoms with Crippen molar-refractivity contribution in [1.29, 1.82) is 0 Å². The SMILES string of the molecule is COCCOc1ccc(F)cc1CCn1c(=O)n(C(C)(C)C(=O)NC(C)C)c(=O)c2c(C)c(-n3nccn3)sc21. The molecule has 0 aliphatic carbocycles. The van der Waals surface area contributed by atoms with Gasteiger partial charge in [0.05, 0.1) is 24.4 Å². The Morgan fingerprint density at radius 1 is 1.18 bits per heavy atom.